The highest BCUT2D eigenvalue weighted by Gasteiger charge is 2.23. The number of aliphatic hydroxyl groups is 2. The Hall–Kier alpha value is 0.610. The van der Waals surface area contributed by atoms with E-state index in [4.69, 9.17) is 10.2 Å². The summed E-state index contributed by atoms with van der Waals surface area (Å²) in [7, 11) is 0. The van der Waals surface area contributed by atoms with E-state index in [9.17, 15) is 0 Å². The number of piperidine rings is 1. The molecule has 0 aromatic heterocycles. The van der Waals surface area contributed by atoms with Crippen LogP contribution in [-0.4, -0.2) is 38.6 Å². The molecule has 4 heteroatoms. The van der Waals surface area contributed by atoms with Gasteiger partial charge in [-0.15, -0.1) is 0 Å². The van der Waals surface area contributed by atoms with Gasteiger partial charge in [-0.2, -0.15) is 0 Å². The quantitative estimate of drug-likeness (QED) is 0.456. The van der Waals surface area contributed by atoms with Crippen molar-refractivity contribution in [1.29, 1.82) is 0 Å². The first kappa shape index (κ1) is 7.71. The van der Waals surface area contributed by atoms with Crippen molar-refractivity contribution in [2.45, 2.75) is 18.6 Å². The molecule has 2 unspecified atom stereocenters. The summed E-state index contributed by atoms with van der Waals surface area (Å²) in [5.41, 5.74) is 0. The van der Waals surface area contributed by atoms with Gasteiger partial charge in [-0.25, -0.2) is 3.11 Å². The largest absolute Gasteiger partial charge is 0.390 e. The molecule has 3 nitrogen and oxygen atoms in total. The molecule has 0 saturated carbocycles. The molecule has 2 N–H and O–H groups in total. The fourth-order valence-electron chi connectivity index (χ4n) is 0.881. The van der Waals surface area contributed by atoms with Crippen LogP contribution in [0.3, 0.4) is 0 Å². The Balaban J connectivity index is 2.35. The van der Waals surface area contributed by atoms with Gasteiger partial charge in [0.05, 0.1) is 12.2 Å². The maximum Gasteiger partial charge on any atom is 0.0934 e. The van der Waals surface area contributed by atoms with Crippen LogP contribution in [0.25, 0.3) is 0 Å². The molecule has 1 rings (SSSR count). The molecule has 0 spiro atoms. The molecular formula is C5H10INO2. The van der Waals surface area contributed by atoms with E-state index in [1.54, 1.807) is 0 Å². The second kappa shape index (κ2) is 3.14. The third-order valence-electron chi connectivity index (χ3n) is 1.50. The van der Waals surface area contributed by atoms with Crippen LogP contribution in [0.1, 0.15) is 6.42 Å². The summed E-state index contributed by atoms with van der Waals surface area (Å²) in [6.45, 7) is 1.46. The van der Waals surface area contributed by atoms with Crippen LogP contribution in [0.5, 0.6) is 0 Å². The molecule has 1 aliphatic rings. The standard InChI is InChI=1S/C5H10INO2/c6-7-2-1-4(8)5(9)3-7/h4-5,8-9H,1-3H2. The summed E-state index contributed by atoms with van der Waals surface area (Å²) in [6, 6.07) is 0. The predicted molar refractivity (Wildman–Crippen MR) is 42.2 cm³/mol. The Morgan fingerprint density at radius 3 is 2.44 bits per heavy atom. The van der Waals surface area contributed by atoms with Crippen molar-refractivity contribution in [2.24, 2.45) is 0 Å². The second-order valence-electron chi connectivity index (χ2n) is 2.29. The summed E-state index contributed by atoms with van der Waals surface area (Å²) in [5.74, 6) is 0. The van der Waals surface area contributed by atoms with Gasteiger partial charge in [0.15, 0.2) is 0 Å². The van der Waals surface area contributed by atoms with E-state index >= 15 is 0 Å². The summed E-state index contributed by atoms with van der Waals surface area (Å²) < 4.78 is 1.98. The maximum atomic E-state index is 9.05. The zero-order valence-electron chi connectivity index (χ0n) is 5.00. The highest BCUT2D eigenvalue weighted by Crippen LogP contribution is 2.13. The Morgan fingerprint density at radius 1 is 1.33 bits per heavy atom. The number of rotatable bonds is 0. The van der Waals surface area contributed by atoms with Gasteiger partial charge in [0, 0.05) is 36.0 Å². The first-order valence-corrected chi connectivity index (χ1v) is 3.93. The fraction of sp³-hybridized carbons (Fsp3) is 1.00. The highest BCUT2D eigenvalue weighted by molar-refractivity contribution is 14.1. The molecule has 1 aliphatic heterocycles. The third-order valence-corrected chi connectivity index (χ3v) is 2.37. The molecule has 1 saturated heterocycles. The maximum absolute atomic E-state index is 9.05. The van der Waals surface area contributed by atoms with E-state index in [0.29, 0.717) is 13.0 Å². The first-order valence-electron chi connectivity index (χ1n) is 2.97. The fourth-order valence-corrected chi connectivity index (χ4v) is 1.56. The van der Waals surface area contributed by atoms with Gasteiger partial charge < -0.3 is 10.2 Å². The normalized spacial score (nSPS) is 39.0. The van der Waals surface area contributed by atoms with Crippen LogP contribution in [0.15, 0.2) is 0 Å². The zero-order valence-corrected chi connectivity index (χ0v) is 7.15. The molecule has 0 aromatic carbocycles. The molecule has 1 heterocycles. The van der Waals surface area contributed by atoms with E-state index in [1.165, 1.54) is 0 Å². The minimum atomic E-state index is -0.546. The summed E-state index contributed by atoms with van der Waals surface area (Å²) in [5, 5.41) is 18.1. The number of halogens is 1. The number of hydrogen-bond donors (Lipinski definition) is 2. The SMILES string of the molecule is OC1CCN(I)CC1O. The van der Waals surface area contributed by atoms with Gasteiger partial charge in [-0.05, 0) is 6.42 Å². The first-order chi connectivity index (χ1) is 4.20. The van der Waals surface area contributed by atoms with Gasteiger partial charge in [0.25, 0.3) is 0 Å². The number of hydrogen-bond acceptors (Lipinski definition) is 3. The molecule has 0 radical (unpaired) electrons. The van der Waals surface area contributed by atoms with Crippen LogP contribution < -0.4 is 0 Å². The van der Waals surface area contributed by atoms with Crippen molar-refractivity contribution < 1.29 is 10.2 Å². The molecule has 0 aromatic rings. The summed E-state index contributed by atoms with van der Waals surface area (Å²) in [6.07, 6.45) is -0.365. The Bertz CT molecular complexity index is 101. The van der Waals surface area contributed by atoms with Crippen LogP contribution in [0.2, 0.25) is 0 Å². The molecule has 2 atom stereocenters. The molecular weight excluding hydrogens is 233 g/mol. The van der Waals surface area contributed by atoms with Gasteiger partial charge >= 0.3 is 0 Å². The van der Waals surface area contributed by atoms with Crippen molar-refractivity contribution in [3.05, 3.63) is 0 Å². The molecule has 0 aliphatic carbocycles. The Kier molecular flexibility index (Phi) is 2.69. The number of β-amino-alcohol motifs (C(OH)–C–C–N with tert-alkyl or cyclic N) is 1. The summed E-state index contributed by atoms with van der Waals surface area (Å²) in [4.78, 5) is 0. The predicted octanol–water partition coefficient (Wildman–Crippen LogP) is -0.236. The smallest absolute Gasteiger partial charge is 0.0934 e. The molecule has 9 heavy (non-hydrogen) atoms. The van der Waals surface area contributed by atoms with Gasteiger partial charge in [0.2, 0.25) is 0 Å². The van der Waals surface area contributed by atoms with Crippen molar-refractivity contribution >= 4 is 22.9 Å². The van der Waals surface area contributed by atoms with Crippen molar-refractivity contribution in [1.82, 2.24) is 3.11 Å². The van der Waals surface area contributed by atoms with Crippen LogP contribution in [0.4, 0.5) is 0 Å². The van der Waals surface area contributed by atoms with E-state index in [1.807, 2.05) is 3.11 Å². The zero-order chi connectivity index (χ0) is 6.85. The Morgan fingerprint density at radius 2 is 2.00 bits per heavy atom. The number of nitrogens with zero attached hydrogens (tertiary/aromatic N) is 1. The monoisotopic (exact) mass is 243 g/mol. The van der Waals surface area contributed by atoms with E-state index in [0.717, 1.165) is 6.54 Å². The van der Waals surface area contributed by atoms with Crippen LogP contribution >= 0.6 is 22.9 Å². The topological polar surface area (TPSA) is 43.7 Å². The highest BCUT2D eigenvalue weighted by atomic mass is 127. The van der Waals surface area contributed by atoms with Crippen molar-refractivity contribution in [3.63, 3.8) is 0 Å². The number of aliphatic hydroxyl groups excluding tert-OH is 2. The summed E-state index contributed by atoms with van der Waals surface area (Å²) >= 11 is 2.14. The second-order valence-corrected chi connectivity index (χ2v) is 3.66. The van der Waals surface area contributed by atoms with Gasteiger partial charge in [-0.3, -0.25) is 0 Å². The van der Waals surface area contributed by atoms with Crippen molar-refractivity contribution in [2.75, 3.05) is 13.1 Å². The average Bonchev–Trinajstić information content (AvgIpc) is 1.80. The lowest BCUT2D eigenvalue weighted by atomic mass is 10.1. The van der Waals surface area contributed by atoms with Gasteiger partial charge in [-0.1, -0.05) is 0 Å². The molecule has 0 bridgehead atoms. The minimum absolute atomic E-state index is 0.504. The lowest BCUT2D eigenvalue weighted by Gasteiger charge is -2.28. The van der Waals surface area contributed by atoms with Crippen molar-refractivity contribution in [3.8, 4) is 0 Å². The molecule has 54 valence electrons. The lowest BCUT2D eigenvalue weighted by Crippen LogP contribution is -2.42. The van der Waals surface area contributed by atoms with E-state index < -0.39 is 12.2 Å². The third kappa shape index (κ3) is 2.03. The lowest BCUT2D eigenvalue weighted by molar-refractivity contribution is -0.0137. The van der Waals surface area contributed by atoms with Gasteiger partial charge in [0.1, 0.15) is 0 Å². The van der Waals surface area contributed by atoms with Crippen LogP contribution in [0, 0.1) is 0 Å². The van der Waals surface area contributed by atoms with Crippen LogP contribution in [-0.2, 0) is 0 Å². The van der Waals surface area contributed by atoms with E-state index in [-0.39, 0.29) is 0 Å². The average molecular weight is 243 g/mol. The minimum Gasteiger partial charge on any atom is -0.390 e. The molecule has 0 amide bonds. The van der Waals surface area contributed by atoms with E-state index in [2.05, 4.69) is 22.9 Å². The molecule has 1 fully saturated rings. The Labute approximate surface area is 68.2 Å².